The lowest BCUT2D eigenvalue weighted by Crippen LogP contribution is -2.45. The molecule has 1 amide bonds. The largest absolute Gasteiger partial charge is 0.480 e. The van der Waals surface area contributed by atoms with E-state index >= 15 is 0 Å². The molecule has 0 aromatic carbocycles. The topological polar surface area (TPSA) is 83.6 Å². The molecule has 0 aromatic heterocycles. The van der Waals surface area contributed by atoms with Crippen LogP contribution in [0.5, 0.6) is 0 Å². The number of nitrogens with zero attached hydrogens (tertiary/aromatic N) is 1. The highest BCUT2D eigenvalue weighted by Gasteiger charge is 2.28. The Labute approximate surface area is 82.9 Å². The Morgan fingerprint density at radius 3 is 2.50 bits per heavy atom. The number of carbonyl (C=O) groups is 2. The summed E-state index contributed by atoms with van der Waals surface area (Å²) in [7, 11) is 0. The van der Waals surface area contributed by atoms with Gasteiger partial charge in [0.15, 0.2) is 0 Å². The van der Waals surface area contributed by atoms with Crippen molar-refractivity contribution in [2.45, 2.75) is 25.8 Å². The summed E-state index contributed by atoms with van der Waals surface area (Å²) in [6.45, 7) is 1.87. The van der Waals surface area contributed by atoms with Gasteiger partial charge in [-0.05, 0) is 25.7 Å². The van der Waals surface area contributed by atoms with Gasteiger partial charge in [0, 0.05) is 6.54 Å². The molecular formula is C9H16N2O3. The first kappa shape index (κ1) is 11.0. The monoisotopic (exact) mass is 200 g/mol. The quantitative estimate of drug-likeness (QED) is 0.635. The molecule has 5 heteroatoms. The maximum atomic E-state index is 11.5. The van der Waals surface area contributed by atoms with Crippen LogP contribution >= 0.6 is 0 Å². The van der Waals surface area contributed by atoms with Gasteiger partial charge in [0.25, 0.3) is 0 Å². The van der Waals surface area contributed by atoms with Gasteiger partial charge in [-0.25, -0.2) is 0 Å². The van der Waals surface area contributed by atoms with E-state index in [1.807, 2.05) is 0 Å². The molecule has 3 N–H and O–H groups in total. The van der Waals surface area contributed by atoms with Crippen molar-refractivity contribution >= 4 is 11.9 Å². The van der Waals surface area contributed by atoms with E-state index < -0.39 is 12.0 Å². The van der Waals surface area contributed by atoms with Crippen LogP contribution in [0.25, 0.3) is 0 Å². The highest BCUT2D eigenvalue weighted by molar-refractivity contribution is 5.84. The Hall–Kier alpha value is -1.10. The summed E-state index contributed by atoms with van der Waals surface area (Å²) in [6, 6.07) is -0.618. The SMILES string of the molecule is C[C@H](N)C(=O)N(CC(=O)O)CC1CC1. The number of hydrogen-bond donors (Lipinski definition) is 2. The second kappa shape index (κ2) is 4.41. The lowest BCUT2D eigenvalue weighted by Gasteiger charge is -2.22. The maximum Gasteiger partial charge on any atom is 0.323 e. The molecule has 0 aromatic rings. The zero-order valence-electron chi connectivity index (χ0n) is 8.27. The molecule has 14 heavy (non-hydrogen) atoms. The van der Waals surface area contributed by atoms with Gasteiger partial charge in [-0.1, -0.05) is 0 Å². The van der Waals surface area contributed by atoms with E-state index in [-0.39, 0.29) is 12.5 Å². The predicted octanol–water partition coefficient (Wildman–Crippen LogP) is -0.343. The van der Waals surface area contributed by atoms with Crippen LogP contribution < -0.4 is 5.73 Å². The third-order valence-corrected chi connectivity index (χ3v) is 2.20. The third-order valence-electron chi connectivity index (χ3n) is 2.20. The Morgan fingerprint density at radius 1 is 1.57 bits per heavy atom. The fourth-order valence-corrected chi connectivity index (χ4v) is 1.30. The number of carbonyl (C=O) groups excluding carboxylic acids is 1. The fraction of sp³-hybridized carbons (Fsp3) is 0.778. The van der Waals surface area contributed by atoms with Crippen LogP contribution in [0.2, 0.25) is 0 Å². The van der Waals surface area contributed by atoms with Crippen LogP contribution in [0.1, 0.15) is 19.8 Å². The molecule has 0 unspecified atom stereocenters. The molecule has 0 spiro atoms. The number of amides is 1. The van der Waals surface area contributed by atoms with Crippen LogP contribution in [-0.4, -0.2) is 41.0 Å². The average molecular weight is 200 g/mol. The first-order valence-electron chi connectivity index (χ1n) is 4.77. The number of hydrogen-bond acceptors (Lipinski definition) is 3. The van der Waals surface area contributed by atoms with Crippen molar-refractivity contribution in [3.8, 4) is 0 Å². The highest BCUT2D eigenvalue weighted by Crippen LogP contribution is 2.29. The molecule has 1 saturated carbocycles. The zero-order chi connectivity index (χ0) is 10.7. The van der Waals surface area contributed by atoms with Gasteiger partial charge in [-0.3, -0.25) is 9.59 Å². The van der Waals surface area contributed by atoms with E-state index in [1.165, 1.54) is 4.90 Å². The summed E-state index contributed by atoms with van der Waals surface area (Å²) in [5.74, 6) is -0.781. The predicted molar refractivity (Wildman–Crippen MR) is 50.6 cm³/mol. The van der Waals surface area contributed by atoms with Gasteiger partial charge in [0.1, 0.15) is 6.54 Å². The zero-order valence-corrected chi connectivity index (χ0v) is 8.27. The van der Waals surface area contributed by atoms with Crippen LogP contribution in [0.3, 0.4) is 0 Å². The first-order valence-corrected chi connectivity index (χ1v) is 4.77. The second-order valence-corrected chi connectivity index (χ2v) is 3.84. The molecule has 0 bridgehead atoms. The number of carboxylic acids is 1. The lowest BCUT2D eigenvalue weighted by molar-refractivity contribution is -0.145. The van der Waals surface area contributed by atoms with Crippen LogP contribution in [0, 0.1) is 5.92 Å². The number of nitrogens with two attached hydrogens (primary N) is 1. The number of aliphatic carboxylic acids is 1. The Bertz CT molecular complexity index is 236. The Balaban J connectivity index is 2.49. The van der Waals surface area contributed by atoms with Crippen molar-refractivity contribution < 1.29 is 14.7 Å². The maximum absolute atomic E-state index is 11.5. The molecule has 1 rings (SSSR count). The molecule has 5 nitrogen and oxygen atoms in total. The summed E-state index contributed by atoms with van der Waals surface area (Å²) in [6.07, 6.45) is 2.17. The van der Waals surface area contributed by atoms with Crippen molar-refractivity contribution in [2.24, 2.45) is 11.7 Å². The third kappa shape index (κ3) is 3.33. The van der Waals surface area contributed by atoms with Gasteiger partial charge < -0.3 is 15.7 Å². The summed E-state index contributed by atoms with van der Waals surface area (Å²) < 4.78 is 0. The standard InChI is InChI=1S/C9H16N2O3/c1-6(10)9(14)11(5-8(12)13)4-7-2-3-7/h6-7H,2-5,10H2,1H3,(H,12,13)/t6-/m0/s1. The summed E-state index contributed by atoms with van der Waals surface area (Å²) in [5, 5.41) is 8.61. The van der Waals surface area contributed by atoms with Gasteiger partial charge in [-0.2, -0.15) is 0 Å². The molecule has 1 fully saturated rings. The highest BCUT2D eigenvalue weighted by atomic mass is 16.4. The Morgan fingerprint density at radius 2 is 2.14 bits per heavy atom. The molecule has 80 valence electrons. The van der Waals surface area contributed by atoms with Crippen molar-refractivity contribution in [1.82, 2.24) is 4.90 Å². The van der Waals surface area contributed by atoms with Crippen molar-refractivity contribution in [3.05, 3.63) is 0 Å². The van der Waals surface area contributed by atoms with E-state index in [0.29, 0.717) is 12.5 Å². The molecule has 0 aliphatic heterocycles. The molecule has 0 saturated heterocycles. The van der Waals surface area contributed by atoms with Crippen LogP contribution in [0.15, 0.2) is 0 Å². The van der Waals surface area contributed by atoms with E-state index in [2.05, 4.69) is 0 Å². The first-order chi connectivity index (χ1) is 6.50. The number of carboxylic acid groups (broad SMARTS) is 1. The number of rotatable bonds is 5. The molecular weight excluding hydrogens is 184 g/mol. The summed E-state index contributed by atoms with van der Waals surface area (Å²) >= 11 is 0. The minimum Gasteiger partial charge on any atom is -0.480 e. The molecule has 0 radical (unpaired) electrons. The van der Waals surface area contributed by atoms with Crippen LogP contribution in [0.4, 0.5) is 0 Å². The van der Waals surface area contributed by atoms with Gasteiger partial charge >= 0.3 is 5.97 Å². The second-order valence-electron chi connectivity index (χ2n) is 3.84. The smallest absolute Gasteiger partial charge is 0.323 e. The van der Waals surface area contributed by atoms with E-state index in [0.717, 1.165) is 12.8 Å². The van der Waals surface area contributed by atoms with Crippen molar-refractivity contribution in [2.75, 3.05) is 13.1 Å². The van der Waals surface area contributed by atoms with Crippen LogP contribution in [-0.2, 0) is 9.59 Å². The summed E-state index contributed by atoms with van der Waals surface area (Å²) in [5.41, 5.74) is 5.42. The molecule has 1 aliphatic carbocycles. The van der Waals surface area contributed by atoms with E-state index in [4.69, 9.17) is 10.8 Å². The average Bonchev–Trinajstić information content (AvgIpc) is 2.84. The fourth-order valence-electron chi connectivity index (χ4n) is 1.30. The van der Waals surface area contributed by atoms with Gasteiger partial charge in [-0.15, -0.1) is 0 Å². The van der Waals surface area contributed by atoms with Crippen molar-refractivity contribution in [1.29, 1.82) is 0 Å². The van der Waals surface area contributed by atoms with Gasteiger partial charge in [0.05, 0.1) is 6.04 Å². The Kier molecular flexibility index (Phi) is 3.46. The van der Waals surface area contributed by atoms with Crippen molar-refractivity contribution in [3.63, 3.8) is 0 Å². The lowest BCUT2D eigenvalue weighted by atomic mass is 10.2. The molecule has 0 heterocycles. The van der Waals surface area contributed by atoms with E-state index in [9.17, 15) is 9.59 Å². The minimum absolute atomic E-state index is 0.239. The van der Waals surface area contributed by atoms with E-state index in [1.54, 1.807) is 6.92 Å². The normalized spacial score (nSPS) is 17.6. The van der Waals surface area contributed by atoms with Gasteiger partial charge in [0.2, 0.25) is 5.91 Å². The molecule has 1 atom stereocenters. The summed E-state index contributed by atoms with van der Waals surface area (Å²) in [4.78, 5) is 23.3. The minimum atomic E-state index is -0.986. The molecule has 1 aliphatic rings.